The van der Waals surface area contributed by atoms with Gasteiger partial charge in [-0.25, -0.2) is 0 Å². The second-order valence-electron chi connectivity index (χ2n) is 18.8. The Labute approximate surface area is 434 Å². The van der Waals surface area contributed by atoms with E-state index in [1.165, 1.54) is 94.2 Å². The number of fused-ring (bicyclic) bond motifs is 4. The first-order valence-corrected chi connectivity index (χ1v) is 25.7. The van der Waals surface area contributed by atoms with Crippen LogP contribution in [0.2, 0.25) is 0 Å². The number of benzene rings is 10. The molecule has 11 rings (SSSR count). The lowest BCUT2D eigenvalue weighted by atomic mass is 9.74. The van der Waals surface area contributed by atoms with E-state index in [4.69, 9.17) is 6.58 Å². The van der Waals surface area contributed by atoms with Gasteiger partial charge in [0.05, 0.1) is 0 Å². The van der Waals surface area contributed by atoms with Gasteiger partial charge < -0.3 is 4.90 Å². The third-order valence-corrected chi connectivity index (χ3v) is 14.4. The lowest BCUT2D eigenvalue weighted by Gasteiger charge is -2.31. The zero-order valence-electron chi connectivity index (χ0n) is 43.4. The normalized spacial score (nSPS) is 13.4. The second-order valence-corrected chi connectivity index (χ2v) is 18.8. The summed E-state index contributed by atoms with van der Waals surface area (Å²) in [6.07, 6.45) is 8.40. The van der Waals surface area contributed by atoms with Crippen LogP contribution in [-0.4, -0.2) is 0 Å². The third-order valence-electron chi connectivity index (χ3n) is 14.4. The van der Waals surface area contributed by atoms with Crippen molar-refractivity contribution in [1.29, 1.82) is 0 Å². The van der Waals surface area contributed by atoms with Crippen LogP contribution in [0.1, 0.15) is 55.5 Å². The SMILES string of the molecule is C=C(/C=C\C=C/C)C1(C)c2ccccc2-c2ccc(N(c3ccc(-c4cccc(-c5ccccc5)c4)cc3)c3ccc(-c4cc(-c5ccccc5C)c(C)c5ccccc45)cc3)cc21.CC.Cc1ccccc1. The standard InChI is InChI=1S/C63H51N.C7H8.C2H6/c1-6-7-9-20-44(3)63(5)61-29-17-16-28-57(61)58-39-38-53(41-62(58)63)64(51-34-30-47(31-35-51)50-24-18-23-49(40-50)46-21-10-8-11-22-46)52-36-32-48(33-37-52)60-42-59(54-25-13-12-19-43(54)2)45(4)55-26-14-15-27-56(55)60;1-7-5-3-2-4-6-7;1-2/h6-42H,3H2,1-2,4-5H3;2-6H,1H3;1-2H3/b7-6-,20-9-;;. The molecule has 0 saturated heterocycles. The molecule has 0 radical (unpaired) electrons. The molecule has 0 bridgehead atoms. The molecule has 1 atom stereocenters. The number of nitrogens with zero attached hydrogens (tertiary/aromatic N) is 1. The van der Waals surface area contributed by atoms with Crippen molar-refractivity contribution in [3.05, 3.63) is 295 Å². The largest absolute Gasteiger partial charge is 0.310 e. The maximum atomic E-state index is 4.69. The van der Waals surface area contributed by atoms with Crippen molar-refractivity contribution in [1.82, 2.24) is 0 Å². The van der Waals surface area contributed by atoms with Gasteiger partial charge >= 0.3 is 0 Å². The molecule has 1 unspecified atom stereocenters. The molecule has 0 saturated carbocycles. The highest BCUT2D eigenvalue weighted by atomic mass is 15.1. The first kappa shape index (κ1) is 49.5. The Morgan fingerprint density at radius 2 is 0.932 bits per heavy atom. The van der Waals surface area contributed by atoms with Crippen molar-refractivity contribution in [3.8, 4) is 55.6 Å². The Morgan fingerprint density at radius 3 is 1.56 bits per heavy atom. The number of anilines is 3. The smallest absolute Gasteiger partial charge is 0.0465 e. The molecule has 1 aliphatic carbocycles. The minimum absolute atomic E-state index is 0.412. The molecule has 0 N–H and O–H groups in total. The number of hydrogen-bond donors (Lipinski definition) is 0. The van der Waals surface area contributed by atoms with Crippen molar-refractivity contribution in [2.24, 2.45) is 0 Å². The zero-order valence-corrected chi connectivity index (χ0v) is 43.4. The summed E-state index contributed by atoms with van der Waals surface area (Å²) in [5.41, 5.74) is 22.6. The molecule has 0 aliphatic heterocycles. The molecular weight excluding hydrogens is 879 g/mol. The molecule has 1 nitrogen and oxygen atoms in total. The fraction of sp³-hybridized carbons (Fsp3) is 0.111. The van der Waals surface area contributed by atoms with Crippen LogP contribution in [0.4, 0.5) is 17.1 Å². The monoisotopic (exact) mass is 944 g/mol. The predicted molar refractivity (Wildman–Crippen MR) is 317 cm³/mol. The van der Waals surface area contributed by atoms with Crippen LogP contribution < -0.4 is 4.90 Å². The summed E-state index contributed by atoms with van der Waals surface area (Å²) in [5, 5.41) is 2.54. The van der Waals surface area contributed by atoms with Crippen LogP contribution in [0.25, 0.3) is 66.4 Å². The quantitative estimate of drug-likeness (QED) is 0.124. The van der Waals surface area contributed by atoms with Gasteiger partial charge in [0.25, 0.3) is 0 Å². The van der Waals surface area contributed by atoms with E-state index in [9.17, 15) is 0 Å². The van der Waals surface area contributed by atoms with E-state index in [1.807, 2.05) is 39.0 Å². The molecule has 1 aliphatic rings. The van der Waals surface area contributed by atoms with Crippen LogP contribution >= 0.6 is 0 Å². The highest BCUT2D eigenvalue weighted by Gasteiger charge is 2.41. The van der Waals surface area contributed by atoms with E-state index in [-0.39, 0.29) is 0 Å². The topological polar surface area (TPSA) is 3.24 Å². The Balaban J connectivity index is 0.000000667. The van der Waals surface area contributed by atoms with Crippen LogP contribution in [0.5, 0.6) is 0 Å². The maximum Gasteiger partial charge on any atom is 0.0465 e. The number of rotatable bonds is 10. The van der Waals surface area contributed by atoms with E-state index >= 15 is 0 Å². The van der Waals surface area contributed by atoms with Crippen molar-refractivity contribution in [2.45, 2.75) is 53.9 Å². The summed E-state index contributed by atoms with van der Waals surface area (Å²) in [6, 6.07) is 83.7. The van der Waals surface area contributed by atoms with Gasteiger partial charge in [0.1, 0.15) is 0 Å². The van der Waals surface area contributed by atoms with Gasteiger partial charge in [-0.15, -0.1) is 0 Å². The Kier molecular flexibility index (Phi) is 15.1. The summed E-state index contributed by atoms with van der Waals surface area (Å²) in [4.78, 5) is 2.40. The molecule has 1 heteroatoms. The van der Waals surface area contributed by atoms with Gasteiger partial charge in [-0.1, -0.05) is 232 Å². The second kappa shape index (κ2) is 22.3. The molecule has 73 heavy (non-hydrogen) atoms. The van der Waals surface area contributed by atoms with E-state index < -0.39 is 5.41 Å². The lowest BCUT2D eigenvalue weighted by molar-refractivity contribution is 0.715. The van der Waals surface area contributed by atoms with Gasteiger partial charge in [0, 0.05) is 22.5 Å². The van der Waals surface area contributed by atoms with E-state index in [0.717, 1.165) is 22.6 Å². The van der Waals surface area contributed by atoms with Crippen molar-refractivity contribution in [3.63, 3.8) is 0 Å². The minimum Gasteiger partial charge on any atom is -0.310 e. The van der Waals surface area contributed by atoms with Gasteiger partial charge in [0.2, 0.25) is 0 Å². The van der Waals surface area contributed by atoms with Crippen LogP contribution in [0, 0.1) is 20.8 Å². The minimum atomic E-state index is -0.412. The summed E-state index contributed by atoms with van der Waals surface area (Å²) in [5.74, 6) is 0. The van der Waals surface area contributed by atoms with Crippen LogP contribution in [0.3, 0.4) is 0 Å². The summed E-state index contributed by atoms with van der Waals surface area (Å²) in [7, 11) is 0. The molecule has 0 heterocycles. The molecule has 0 amide bonds. The fourth-order valence-electron chi connectivity index (χ4n) is 10.4. The van der Waals surface area contributed by atoms with Gasteiger partial charge in [-0.05, 0) is 177 Å². The molecule has 0 fully saturated rings. The molecule has 10 aromatic carbocycles. The van der Waals surface area contributed by atoms with Crippen molar-refractivity contribution < 1.29 is 0 Å². The summed E-state index contributed by atoms with van der Waals surface area (Å²) >= 11 is 0. The van der Waals surface area contributed by atoms with Gasteiger partial charge in [-0.3, -0.25) is 0 Å². The first-order valence-electron chi connectivity index (χ1n) is 25.7. The maximum absolute atomic E-state index is 4.69. The number of hydrogen-bond acceptors (Lipinski definition) is 1. The van der Waals surface area contributed by atoms with E-state index in [0.29, 0.717) is 0 Å². The molecule has 0 spiro atoms. The predicted octanol–water partition coefficient (Wildman–Crippen LogP) is 20.6. The van der Waals surface area contributed by atoms with E-state index in [2.05, 4.69) is 269 Å². The van der Waals surface area contributed by atoms with E-state index in [1.54, 1.807) is 0 Å². The Morgan fingerprint density at radius 1 is 0.411 bits per heavy atom. The highest BCUT2D eigenvalue weighted by Crippen LogP contribution is 2.54. The van der Waals surface area contributed by atoms with Crippen LogP contribution in [0.15, 0.2) is 267 Å². The molecule has 358 valence electrons. The fourth-order valence-corrected chi connectivity index (χ4v) is 10.4. The Bertz CT molecular complexity index is 3580. The van der Waals surface area contributed by atoms with Crippen molar-refractivity contribution in [2.75, 3.05) is 4.90 Å². The van der Waals surface area contributed by atoms with Gasteiger partial charge in [0.15, 0.2) is 0 Å². The zero-order chi connectivity index (χ0) is 50.9. The number of aryl methyl sites for hydroxylation is 3. The number of allylic oxidation sites excluding steroid dienone is 5. The van der Waals surface area contributed by atoms with Gasteiger partial charge in [-0.2, -0.15) is 0 Å². The first-order chi connectivity index (χ1) is 35.7. The Hall–Kier alpha value is -8.52. The van der Waals surface area contributed by atoms with Crippen LogP contribution in [-0.2, 0) is 5.41 Å². The molecular formula is C72H65N. The average Bonchev–Trinajstić information content (AvgIpc) is 3.71. The van der Waals surface area contributed by atoms with Crippen molar-refractivity contribution >= 4 is 27.8 Å². The third kappa shape index (κ3) is 10.1. The average molecular weight is 944 g/mol. The molecule has 0 aromatic heterocycles. The molecule has 10 aromatic rings. The highest BCUT2D eigenvalue weighted by molar-refractivity contribution is 6.03. The summed E-state index contributed by atoms with van der Waals surface area (Å²) in [6.45, 7) is 19.6. The summed E-state index contributed by atoms with van der Waals surface area (Å²) < 4.78 is 0. The lowest BCUT2D eigenvalue weighted by Crippen LogP contribution is -2.22.